The third-order valence-electron chi connectivity index (χ3n) is 4.78. The molecule has 1 aliphatic rings. The highest BCUT2D eigenvalue weighted by atomic mass is 19.1. The number of anilines is 1. The van der Waals surface area contributed by atoms with Crippen LogP contribution in [0.5, 0.6) is 0 Å². The summed E-state index contributed by atoms with van der Waals surface area (Å²) in [5, 5.41) is 6.79. The van der Waals surface area contributed by atoms with E-state index in [0.29, 0.717) is 12.2 Å². The fourth-order valence-corrected chi connectivity index (χ4v) is 3.14. The Morgan fingerprint density at radius 2 is 1.84 bits per heavy atom. The lowest BCUT2D eigenvalue weighted by atomic mass is 9.96. The Kier molecular flexibility index (Phi) is 3.84. The number of hydrogen-bond donors (Lipinski definition) is 2. The molecule has 126 valence electrons. The molecule has 0 radical (unpaired) electrons. The number of rotatable bonds is 4. The van der Waals surface area contributed by atoms with Crippen molar-refractivity contribution in [3.63, 3.8) is 0 Å². The van der Waals surface area contributed by atoms with Gasteiger partial charge in [-0.25, -0.2) is 9.18 Å². The first-order chi connectivity index (χ1) is 12.2. The summed E-state index contributed by atoms with van der Waals surface area (Å²) >= 11 is 0. The third kappa shape index (κ3) is 3.18. The van der Waals surface area contributed by atoms with E-state index in [1.807, 2.05) is 30.3 Å². The number of hydrogen-bond acceptors (Lipinski definition) is 2. The maximum absolute atomic E-state index is 13.1. The van der Waals surface area contributed by atoms with Gasteiger partial charge in [-0.05, 0) is 42.7 Å². The normalized spacial score (nSPS) is 14.9. The van der Waals surface area contributed by atoms with Gasteiger partial charge in [-0.3, -0.25) is 4.98 Å². The van der Waals surface area contributed by atoms with Crippen LogP contribution in [-0.2, 0) is 5.41 Å². The van der Waals surface area contributed by atoms with E-state index in [-0.39, 0.29) is 17.3 Å². The number of fused-ring (bicyclic) bond motifs is 1. The number of halogens is 1. The van der Waals surface area contributed by atoms with Gasteiger partial charge >= 0.3 is 6.03 Å². The third-order valence-corrected chi connectivity index (χ3v) is 4.78. The van der Waals surface area contributed by atoms with E-state index in [9.17, 15) is 9.18 Å². The Morgan fingerprint density at radius 3 is 2.60 bits per heavy atom. The monoisotopic (exact) mass is 335 g/mol. The molecule has 0 spiro atoms. The molecule has 5 heteroatoms. The molecule has 2 N–H and O–H groups in total. The Morgan fingerprint density at radius 1 is 1.08 bits per heavy atom. The van der Waals surface area contributed by atoms with Crippen LogP contribution in [0.3, 0.4) is 0 Å². The van der Waals surface area contributed by atoms with Crippen LogP contribution in [0.1, 0.15) is 18.4 Å². The average molecular weight is 335 g/mol. The molecular formula is C20H18FN3O. The van der Waals surface area contributed by atoms with E-state index in [2.05, 4.69) is 15.6 Å². The zero-order valence-electron chi connectivity index (χ0n) is 13.6. The van der Waals surface area contributed by atoms with Crippen LogP contribution in [0.4, 0.5) is 14.9 Å². The van der Waals surface area contributed by atoms with Gasteiger partial charge < -0.3 is 10.6 Å². The highest BCUT2D eigenvalue weighted by Crippen LogP contribution is 2.47. The number of aromatic nitrogens is 1. The molecule has 3 aromatic rings. The molecule has 1 fully saturated rings. The number of benzene rings is 2. The number of nitrogens with one attached hydrogen (secondary N) is 2. The van der Waals surface area contributed by atoms with Crippen molar-refractivity contribution in [1.29, 1.82) is 0 Å². The van der Waals surface area contributed by atoms with Gasteiger partial charge in [0.15, 0.2) is 0 Å². The molecule has 4 rings (SSSR count). The first-order valence-corrected chi connectivity index (χ1v) is 8.31. The molecule has 0 aliphatic heterocycles. The van der Waals surface area contributed by atoms with Crippen molar-refractivity contribution < 1.29 is 9.18 Å². The number of amides is 2. The lowest BCUT2D eigenvalue weighted by Crippen LogP contribution is -2.35. The van der Waals surface area contributed by atoms with Crippen molar-refractivity contribution in [2.75, 3.05) is 11.9 Å². The van der Waals surface area contributed by atoms with Crippen LogP contribution in [0.2, 0.25) is 0 Å². The maximum Gasteiger partial charge on any atom is 0.319 e. The molecule has 1 aliphatic carbocycles. The number of nitrogens with zero attached hydrogens (tertiary/aromatic N) is 1. The maximum atomic E-state index is 13.1. The number of urea groups is 1. The molecule has 1 heterocycles. The summed E-state index contributed by atoms with van der Waals surface area (Å²) in [6, 6.07) is 15.8. The van der Waals surface area contributed by atoms with Gasteiger partial charge in [-0.15, -0.1) is 0 Å². The highest BCUT2D eigenvalue weighted by molar-refractivity contribution is 5.99. The van der Waals surface area contributed by atoms with Gasteiger partial charge in [-0.2, -0.15) is 0 Å². The van der Waals surface area contributed by atoms with Crippen molar-refractivity contribution in [2.45, 2.75) is 18.3 Å². The van der Waals surface area contributed by atoms with Gasteiger partial charge in [0.2, 0.25) is 0 Å². The minimum atomic E-state index is -0.258. The lowest BCUT2D eigenvalue weighted by molar-refractivity contribution is 0.251. The number of carbonyl (C=O) groups excluding carboxylic acids is 1. The summed E-state index contributed by atoms with van der Waals surface area (Å²) in [5.74, 6) is -0.242. The zero-order valence-corrected chi connectivity index (χ0v) is 13.6. The van der Waals surface area contributed by atoms with E-state index >= 15 is 0 Å². The molecule has 0 bridgehead atoms. The zero-order chi connectivity index (χ0) is 17.3. The molecule has 0 atom stereocenters. The Hall–Kier alpha value is -2.95. The molecule has 1 aromatic heterocycles. The smallest absolute Gasteiger partial charge is 0.319 e. The van der Waals surface area contributed by atoms with Crippen LogP contribution >= 0.6 is 0 Å². The van der Waals surface area contributed by atoms with Crippen molar-refractivity contribution in [2.24, 2.45) is 0 Å². The van der Waals surface area contributed by atoms with Gasteiger partial charge in [0.25, 0.3) is 0 Å². The Balaban J connectivity index is 1.43. The van der Waals surface area contributed by atoms with Crippen molar-refractivity contribution in [3.05, 3.63) is 72.2 Å². The highest BCUT2D eigenvalue weighted by Gasteiger charge is 2.44. The minimum absolute atomic E-state index is 0.0674. The SMILES string of the molecule is O=C(NCC1(c2ccc(F)cc2)CC1)Nc1cccc2cccnc12. The number of carbonyl (C=O) groups is 1. The Labute approximate surface area is 145 Å². The van der Waals surface area contributed by atoms with Crippen molar-refractivity contribution in [3.8, 4) is 0 Å². The van der Waals surface area contributed by atoms with Crippen LogP contribution in [0.25, 0.3) is 10.9 Å². The molecule has 4 nitrogen and oxygen atoms in total. The first kappa shape index (κ1) is 15.6. The van der Waals surface area contributed by atoms with Gasteiger partial charge in [0.05, 0.1) is 11.2 Å². The molecular weight excluding hydrogens is 317 g/mol. The standard InChI is InChI=1S/C20H18FN3O/c21-16-8-6-15(7-9-16)20(10-11-20)13-23-19(25)24-17-5-1-3-14-4-2-12-22-18(14)17/h1-9,12H,10-11,13H2,(H2,23,24,25). The van der Waals surface area contributed by atoms with E-state index < -0.39 is 0 Å². The second kappa shape index (κ2) is 6.16. The predicted molar refractivity (Wildman–Crippen MR) is 96.1 cm³/mol. The van der Waals surface area contributed by atoms with E-state index in [1.165, 1.54) is 12.1 Å². The number of pyridine rings is 1. The average Bonchev–Trinajstić information content (AvgIpc) is 3.42. The molecule has 1 saturated carbocycles. The van der Waals surface area contributed by atoms with Crippen molar-refractivity contribution in [1.82, 2.24) is 10.3 Å². The Bertz CT molecular complexity index is 914. The lowest BCUT2D eigenvalue weighted by Gasteiger charge is -2.17. The molecule has 0 unspecified atom stereocenters. The number of para-hydroxylation sites is 1. The first-order valence-electron chi connectivity index (χ1n) is 8.31. The molecule has 2 aromatic carbocycles. The van der Waals surface area contributed by atoms with Gasteiger partial charge in [0, 0.05) is 23.5 Å². The predicted octanol–water partition coefficient (Wildman–Crippen LogP) is 4.23. The summed E-state index contributed by atoms with van der Waals surface area (Å²) < 4.78 is 13.1. The van der Waals surface area contributed by atoms with E-state index in [1.54, 1.807) is 18.3 Å². The molecule has 0 saturated heterocycles. The van der Waals surface area contributed by atoms with Crippen LogP contribution in [-0.4, -0.2) is 17.6 Å². The second-order valence-corrected chi connectivity index (χ2v) is 6.48. The fourth-order valence-electron chi connectivity index (χ4n) is 3.14. The van der Waals surface area contributed by atoms with E-state index in [0.717, 1.165) is 29.3 Å². The summed E-state index contributed by atoms with van der Waals surface area (Å²) in [6.45, 7) is 0.530. The summed E-state index contributed by atoms with van der Waals surface area (Å²) in [7, 11) is 0. The van der Waals surface area contributed by atoms with E-state index in [4.69, 9.17) is 0 Å². The fraction of sp³-hybridized carbons (Fsp3) is 0.200. The van der Waals surface area contributed by atoms with Gasteiger partial charge in [0.1, 0.15) is 5.82 Å². The minimum Gasteiger partial charge on any atom is -0.337 e. The van der Waals surface area contributed by atoms with Crippen LogP contribution in [0, 0.1) is 5.82 Å². The topological polar surface area (TPSA) is 54.0 Å². The van der Waals surface area contributed by atoms with Crippen LogP contribution in [0.15, 0.2) is 60.8 Å². The second-order valence-electron chi connectivity index (χ2n) is 6.48. The summed E-state index contributed by atoms with van der Waals surface area (Å²) in [4.78, 5) is 16.6. The molecule has 2 amide bonds. The van der Waals surface area contributed by atoms with Crippen LogP contribution < -0.4 is 10.6 Å². The van der Waals surface area contributed by atoms with Gasteiger partial charge in [-0.1, -0.05) is 30.3 Å². The van der Waals surface area contributed by atoms with Crippen molar-refractivity contribution >= 4 is 22.6 Å². The largest absolute Gasteiger partial charge is 0.337 e. The quantitative estimate of drug-likeness (QED) is 0.750. The summed E-state index contributed by atoms with van der Waals surface area (Å²) in [6.07, 6.45) is 3.70. The summed E-state index contributed by atoms with van der Waals surface area (Å²) in [5.41, 5.74) is 2.45. The molecule has 25 heavy (non-hydrogen) atoms.